The highest BCUT2D eigenvalue weighted by Gasteiger charge is 2.44. The van der Waals surface area contributed by atoms with Gasteiger partial charge in [0.05, 0.1) is 0 Å². The van der Waals surface area contributed by atoms with Crippen LogP contribution in [-0.2, 0) is 14.4 Å². The minimum Gasteiger partial charge on any atom is -0.480 e. The van der Waals surface area contributed by atoms with Gasteiger partial charge in [0, 0.05) is 0 Å². The molecule has 1 fully saturated rings. The average molecular weight is 299 g/mol. The molecule has 0 unspecified atom stereocenters. The summed E-state index contributed by atoms with van der Waals surface area (Å²) in [5, 5.41) is 13.6. The maximum atomic E-state index is 12.2. The Labute approximate surface area is 122 Å². The molecule has 0 aromatic heterocycles. The van der Waals surface area contributed by atoms with Crippen molar-refractivity contribution in [2.24, 2.45) is 0 Å². The van der Waals surface area contributed by atoms with Crippen molar-refractivity contribution in [3.63, 3.8) is 0 Å². The summed E-state index contributed by atoms with van der Waals surface area (Å²) in [5.41, 5.74) is -1.22. The Kier molecular flexibility index (Phi) is 5.28. The number of rotatable bonds is 5. The number of imide groups is 1. The van der Waals surface area contributed by atoms with E-state index >= 15 is 0 Å². The first-order chi connectivity index (χ1) is 9.70. The van der Waals surface area contributed by atoms with E-state index < -0.39 is 35.4 Å². The molecule has 1 saturated heterocycles. The second-order valence-electron chi connectivity index (χ2n) is 5.51. The Morgan fingerprint density at radius 3 is 2.57 bits per heavy atom. The van der Waals surface area contributed by atoms with Crippen molar-refractivity contribution in [1.82, 2.24) is 15.5 Å². The van der Waals surface area contributed by atoms with Crippen LogP contribution >= 0.6 is 0 Å². The van der Waals surface area contributed by atoms with Crippen LogP contribution in [0.4, 0.5) is 4.79 Å². The van der Waals surface area contributed by atoms with Crippen LogP contribution in [0.3, 0.4) is 0 Å². The lowest BCUT2D eigenvalue weighted by molar-refractivity contribution is -0.142. The summed E-state index contributed by atoms with van der Waals surface area (Å²) in [6.07, 6.45) is 1.75. The molecular formula is C13H21N3O5. The lowest BCUT2D eigenvalue weighted by Crippen LogP contribution is -2.67. The van der Waals surface area contributed by atoms with Crippen LogP contribution in [0.1, 0.15) is 40.0 Å². The topological polar surface area (TPSA) is 116 Å². The van der Waals surface area contributed by atoms with Gasteiger partial charge in [-0.15, -0.1) is 0 Å². The van der Waals surface area contributed by atoms with Crippen LogP contribution in [-0.4, -0.2) is 51.9 Å². The van der Waals surface area contributed by atoms with E-state index in [1.165, 1.54) is 13.8 Å². The summed E-state index contributed by atoms with van der Waals surface area (Å²) >= 11 is 0. The number of hydrogen-bond acceptors (Lipinski definition) is 4. The largest absolute Gasteiger partial charge is 0.480 e. The molecule has 0 aromatic rings. The predicted molar refractivity (Wildman–Crippen MR) is 73.4 cm³/mol. The zero-order valence-corrected chi connectivity index (χ0v) is 12.4. The number of piperazine rings is 1. The Hall–Kier alpha value is -2.12. The first-order valence-electron chi connectivity index (χ1n) is 6.85. The van der Waals surface area contributed by atoms with E-state index in [4.69, 9.17) is 5.11 Å². The van der Waals surface area contributed by atoms with Gasteiger partial charge >= 0.3 is 12.0 Å². The van der Waals surface area contributed by atoms with Crippen LogP contribution in [0.15, 0.2) is 0 Å². The number of carboxylic acid groups (broad SMARTS) is 1. The Balaban J connectivity index is 2.82. The molecule has 118 valence electrons. The SMILES string of the molecule is CCCC[C@H](NC(=O)N1CC(=O)NC(=O)C1(C)C)C(=O)O. The van der Waals surface area contributed by atoms with Crippen molar-refractivity contribution < 1.29 is 24.3 Å². The Morgan fingerprint density at radius 1 is 1.43 bits per heavy atom. The van der Waals surface area contributed by atoms with Gasteiger partial charge < -0.3 is 15.3 Å². The number of hydrogen-bond donors (Lipinski definition) is 3. The number of carbonyl (C=O) groups excluding carboxylic acids is 3. The second kappa shape index (κ2) is 6.55. The van der Waals surface area contributed by atoms with Crippen LogP contribution in [0.5, 0.6) is 0 Å². The summed E-state index contributed by atoms with van der Waals surface area (Å²) < 4.78 is 0. The fraction of sp³-hybridized carbons (Fsp3) is 0.692. The normalized spacial score (nSPS) is 18.9. The maximum absolute atomic E-state index is 12.2. The van der Waals surface area contributed by atoms with Crippen LogP contribution < -0.4 is 10.6 Å². The molecule has 0 bridgehead atoms. The van der Waals surface area contributed by atoms with Gasteiger partial charge in [0.25, 0.3) is 5.91 Å². The molecule has 1 rings (SSSR count). The molecule has 0 saturated carbocycles. The fourth-order valence-corrected chi connectivity index (χ4v) is 2.00. The monoisotopic (exact) mass is 299 g/mol. The predicted octanol–water partition coefficient (Wildman–Crippen LogP) is 0.0764. The second-order valence-corrected chi connectivity index (χ2v) is 5.51. The maximum Gasteiger partial charge on any atom is 0.326 e. The Morgan fingerprint density at radius 2 is 2.05 bits per heavy atom. The molecule has 3 N–H and O–H groups in total. The minimum atomic E-state index is -1.22. The summed E-state index contributed by atoms with van der Waals surface area (Å²) in [5.74, 6) is -2.31. The highest BCUT2D eigenvalue weighted by Crippen LogP contribution is 2.18. The number of carbonyl (C=O) groups is 4. The summed E-state index contributed by atoms with van der Waals surface area (Å²) in [4.78, 5) is 47.5. The third-order valence-electron chi connectivity index (χ3n) is 3.47. The first kappa shape index (κ1) is 16.9. The number of urea groups is 1. The number of nitrogens with one attached hydrogen (secondary N) is 2. The zero-order chi connectivity index (χ0) is 16.2. The molecule has 0 radical (unpaired) electrons. The van der Waals surface area contributed by atoms with E-state index in [0.29, 0.717) is 12.8 Å². The van der Waals surface area contributed by atoms with Gasteiger partial charge in [-0.3, -0.25) is 14.9 Å². The highest BCUT2D eigenvalue weighted by molar-refractivity contribution is 6.06. The first-order valence-corrected chi connectivity index (χ1v) is 6.85. The van der Waals surface area contributed by atoms with Gasteiger partial charge in [-0.2, -0.15) is 0 Å². The van der Waals surface area contributed by atoms with Crippen LogP contribution in [0, 0.1) is 0 Å². The van der Waals surface area contributed by atoms with Crippen LogP contribution in [0.2, 0.25) is 0 Å². The molecule has 4 amide bonds. The lowest BCUT2D eigenvalue weighted by atomic mass is 9.99. The minimum absolute atomic E-state index is 0.287. The van der Waals surface area contributed by atoms with Crippen LogP contribution in [0.25, 0.3) is 0 Å². The standard InChI is InChI=1S/C13H21N3O5/c1-4-5-6-8(10(18)19)14-12(21)16-7-9(17)15-11(20)13(16,2)3/h8H,4-7H2,1-3H3,(H,14,21)(H,18,19)(H,15,17,20)/t8-/m0/s1. The molecule has 0 spiro atoms. The molecule has 0 aliphatic carbocycles. The number of nitrogens with zero attached hydrogens (tertiary/aromatic N) is 1. The molecule has 21 heavy (non-hydrogen) atoms. The number of unbranched alkanes of at least 4 members (excludes halogenated alkanes) is 1. The van der Waals surface area contributed by atoms with Gasteiger partial charge in [-0.25, -0.2) is 9.59 Å². The van der Waals surface area contributed by atoms with Gasteiger partial charge in [0.2, 0.25) is 5.91 Å². The fourth-order valence-electron chi connectivity index (χ4n) is 2.00. The molecule has 1 heterocycles. The van der Waals surface area contributed by atoms with E-state index in [1.54, 1.807) is 0 Å². The van der Waals surface area contributed by atoms with Crippen molar-refractivity contribution in [2.45, 2.75) is 51.6 Å². The summed E-state index contributed by atoms with van der Waals surface area (Å²) in [7, 11) is 0. The number of amides is 4. The van der Waals surface area contributed by atoms with Gasteiger partial charge in [0.1, 0.15) is 18.1 Å². The third-order valence-corrected chi connectivity index (χ3v) is 3.47. The summed E-state index contributed by atoms with van der Waals surface area (Å²) in [6.45, 7) is 4.62. The number of carboxylic acids is 1. The summed E-state index contributed by atoms with van der Waals surface area (Å²) in [6, 6.07) is -1.76. The molecule has 0 aromatic carbocycles. The molecule has 8 heteroatoms. The van der Waals surface area contributed by atoms with E-state index in [1.807, 2.05) is 6.92 Å². The van der Waals surface area contributed by atoms with Crippen molar-refractivity contribution in [3.8, 4) is 0 Å². The highest BCUT2D eigenvalue weighted by atomic mass is 16.4. The van der Waals surface area contributed by atoms with Crippen molar-refractivity contribution in [2.75, 3.05) is 6.54 Å². The quantitative estimate of drug-likeness (QED) is 0.622. The smallest absolute Gasteiger partial charge is 0.326 e. The third kappa shape index (κ3) is 3.93. The van der Waals surface area contributed by atoms with Gasteiger partial charge in [-0.1, -0.05) is 19.8 Å². The van der Waals surface area contributed by atoms with Gasteiger partial charge in [-0.05, 0) is 20.3 Å². The average Bonchev–Trinajstić information content (AvgIpc) is 2.38. The number of aliphatic carboxylic acids is 1. The van der Waals surface area contributed by atoms with Gasteiger partial charge in [0.15, 0.2) is 0 Å². The molecular weight excluding hydrogens is 278 g/mol. The van der Waals surface area contributed by atoms with Crippen molar-refractivity contribution >= 4 is 23.8 Å². The molecule has 8 nitrogen and oxygen atoms in total. The lowest BCUT2D eigenvalue weighted by Gasteiger charge is -2.40. The molecule has 1 aliphatic heterocycles. The zero-order valence-electron chi connectivity index (χ0n) is 12.4. The van der Waals surface area contributed by atoms with E-state index in [-0.39, 0.29) is 6.54 Å². The molecule has 1 atom stereocenters. The van der Waals surface area contributed by atoms with E-state index in [0.717, 1.165) is 11.3 Å². The Bertz CT molecular complexity index is 461. The van der Waals surface area contributed by atoms with Crippen molar-refractivity contribution in [3.05, 3.63) is 0 Å². The van der Waals surface area contributed by atoms with E-state index in [9.17, 15) is 19.2 Å². The van der Waals surface area contributed by atoms with Crippen molar-refractivity contribution in [1.29, 1.82) is 0 Å². The molecule has 1 aliphatic rings. The van der Waals surface area contributed by atoms with E-state index in [2.05, 4.69) is 10.6 Å².